The normalized spacial score (nSPS) is 19.2. The SMILES string of the molecule is CC(C)n1c(=O)sc2cc(NC(=O)[C@@H]3CCCN(S(C)(=O)=O)C3)ccc21. The molecular weight excluding hydrogens is 374 g/mol. The summed E-state index contributed by atoms with van der Waals surface area (Å²) in [7, 11) is -3.29. The molecule has 1 aromatic carbocycles. The molecule has 26 heavy (non-hydrogen) atoms. The Kier molecular flexibility index (Phi) is 5.23. The van der Waals surface area contributed by atoms with Gasteiger partial charge in [-0.25, -0.2) is 12.7 Å². The first-order valence-corrected chi connectivity index (χ1v) is 11.2. The van der Waals surface area contributed by atoms with Gasteiger partial charge in [0.15, 0.2) is 0 Å². The minimum absolute atomic E-state index is 0.0189. The summed E-state index contributed by atoms with van der Waals surface area (Å²) in [5.74, 6) is -0.554. The molecule has 0 unspecified atom stereocenters. The van der Waals surface area contributed by atoms with E-state index in [9.17, 15) is 18.0 Å². The van der Waals surface area contributed by atoms with Crippen LogP contribution in [-0.4, -0.2) is 42.5 Å². The summed E-state index contributed by atoms with van der Waals surface area (Å²) in [6.45, 7) is 4.59. The van der Waals surface area contributed by atoms with Crippen molar-refractivity contribution in [3.63, 3.8) is 0 Å². The molecule has 1 saturated heterocycles. The molecule has 1 atom stereocenters. The van der Waals surface area contributed by atoms with Crippen molar-refractivity contribution in [1.82, 2.24) is 8.87 Å². The molecule has 0 aliphatic carbocycles. The van der Waals surface area contributed by atoms with Gasteiger partial charge in [0.25, 0.3) is 0 Å². The van der Waals surface area contributed by atoms with Crippen molar-refractivity contribution < 1.29 is 13.2 Å². The zero-order valence-electron chi connectivity index (χ0n) is 15.1. The highest BCUT2D eigenvalue weighted by Crippen LogP contribution is 2.25. The highest BCUT2D eigenvalue weighted by atomic mass is 32.2. The number of piperidine rings is 1. The number of carbonyl (C=O) groups is 1. The molecule has 1 amide bonds. The molecular formula is C17H23N3O4S2. The summed E-state index contributed by atoms with van der Waals surface area (Å²) in [6.07, 6.45) is 2.50. The number of aromatic nitrogens is 1. The smallest absolute Gasteiger partial charge is 0.308 e. The highest BCUT2D eigenvalue weighted by molar-refractivity contribution is 7.88. The fourth-order valence-corrected chi connectivity index (χ4v) is 5.27. The average Bonchev–Trinajstić information content (AvgIpc) is 2.89. The van der Waals surface area contributed by atoms with Crippen molar-refractivity contribution in [1.29, 1.82) is 0 Å². The number of nitrogens with one attached hydrogen (secondary N) is 1. The number of anilines is 1. The third-order valence-electron chi connectivity index (χ3n) is 4.62. The molecule has 3 rings (SSSR count). The number of hydrogen-bond acceptors (Lipinski definition) is 5. The van der Waals surface area contributed by atoms with Crippen LogP contribution in [-0.2, 0) is 14.8 Å². The maximum Gasteiger partial charge on any atom is 0.308 e. The summed E-state index contributed by atoms with van der Waals surface area (Å²) in [5.41, 5.74) is 1.48. The first kappa shape index (κ1) is 19.1. The van der Waals surface area contributed by atoms with Gasteiger partial charge in [0.2, 0.25) is 15.9 Å². The molecule has 9 heteroatoms. The number of carbonyl (C=O) groups excluding carboxylic acids is 1. The number of amides is 1. The van der Waals surface area contributed by atoms with Crippen LogP contribution in [0, 0.1) is 5.92 Å². The highest BCUT2D eigenvalue weighted by Gasteiger charge is 2.30. The summed E-state index contributed by atoms with van der Waals surface area (Å²) in [4.78, 5) is 24.7. The van der Waals surface area contributed by atoms with Crippen LogP contribution in [0.2, 0.25) is 0 Å². The van der Waals surface area contributed by atoms with E-state index in [1.54, 1.807) is 16.7 Å². The van der Waals surface area contributed by atoms with E-state index in [1.165, 1.54) is 10.6 Å². The van der Waals surface area contributed by atoms with Crippen LogP contribution in [0.3, 0.4) is 0 Å². The topological polar surface area (TPSA) is 88.5 Å². The van der Waals surface area contributed by atoms with Crippen molar-refractivity contribution in [2.45, 2.75) is 32.7 Å². The standard InChI is InChI=1S/C17H23N3O4S2/c1-11(2)20-14-7-6-13(9-15(14)25-17(20)22)18-16(21)12-5-4-8-19(10-12)26(3,23)24/h6-7,9,11-12H,4-5,8,10H2,1-3H3,(H,18,21)/t12-/m1/s1. The van der Waals surface area contributed by atoms with E-state index in [1.807, 2.05) is 19.9 Å². The predicted molar refractivity (Wildman–Crippen MR) is 104 cm³/mol. The van der Waals surface area contributed by atoms with Gasteiger partial charge in [-0.15, -0.1) is 0 Å². The van der Waals surface area contributed by atoms with Gasteiger partial charge in [0, 0.05) is 24.8 Å². The van der Waals surface area contributed by atoms with E-state index in [0.29, 0.717) is 25.1 Å². The third-order valence-corrected chi connectivity index (χ3v) is 6.81. The van der Waals surface area contributed by atoms with E-state index in [2.05, 4.69) is 5.32 Å². The van der Waals surface area contributed by atoms with E-state index in [4.69, 9.17) is 0 Å². The molecule has 2 aromatic rings. The van der Waals surface area contributed by atoms with Gasteiger partial charge >= 0.3 is 4.87 Å². The van der Waals surface area contributed by atoms with E-state index in [-0.39, 0.29) is 29.3 Å². The predicted octanol–water partition coefficient (Wildman–Crippen LogP) is 2.25. The number of sulfonamides is 1. The molecule has 1 aromatic heterocycles. The second kappa shape index (κ2) is 7.13. The molecule has 0 radical (unpaired) electrons. The van der Waals surface area contributed by atoms with Crippen LogP contribution >= 0.6 is 11.3 Å². The summed E-state index contributed by atoms with van der Waals surface area (Å²) >= 11 is 1.16. The van der Waals surface area contributed by atoms with Gasteiger partial charge in [0.05, 0.1) is 22.4 Å². The molecule has 0 spiro atoms. The van der Waals surface area contributed by atoms with E-state index < -0.39 is 10.0 Å². The van der Waals surface area contributed by atoms with E-state index >= 15 is 0 Å². The largest absolute Gasteiger partial charge is 0.326 e. The summed E-state index contributed by atoms with van der Waals surface area (Å²) in [6, 6.07) is 5.49. The number of rotatable bonds is 4. The Balaban J connectivity index is 1.78. The van der Waals surface area contributed by atoms with Gasteiger partial charge in [-0.05, 0) is 44.9 Å². The first-order chi connectivity index (χ1) is 12.2. The fraction of sp³-hybridized carbons (Fsp3) is 0.529. The zero-order chi connectivity index (χ0) is 19.1. The minimum atomic E-state index is -3.29. The van der Waals surface area contributed by atoms with Crippen LogP contribution in [0.25, 0.3) is 10.2 Å². The van der Waals surface area contributed by atoms with Gasteiger partial charge < -0.3 is 5.32 Å². The number of thiazole rings is 1. The molecule has 1 aliphatic heterocycles. The van der Waals surface area contributed by atoms with Crippen LogP contribution < -0.4 is 10.2 Å². The number of nitrogens with zero attached hydrogens (tertiary/aromatic N) is 2. The van der Waals surface area contributed by atoms with Crippen molar-refractivity contribution in [2.75, 3.05) is 24.7 Å². The quantitative estimate of drug-likeness (QED) is 0.857. The monoisotopic (exact) mass is 397 g/mol. The van der Waals surface area contributed by atoms with Crippen LogP contribution in [0.4, 0.5) is 5.69 Å². The van der Waals surface area contributed by atoms with Gasteiger partial charge in [0.1, 0.15) is 0 Å². The average molecular weight is 398 g/mol. The zero-order valence-corrected chi connectivity index (χ0v) is 16.7. The van der Waals surface area contributed by atoms with Gasteiger partial charge in [-0.1, -0.05) is 11.3 Å². The molecule has 0 saturated carbocycles. The molecule has 7 nitrogen and oxygen atoms in total. The maximum absolute atomic E-state index is 12.6. The second-order valence-electron chi connectivity index (χ2n) is 6.96. The number of fused-ring (bicyclic) bond motifs is 1. The third kappa shape index (κ3) is 3.84. The fourth-order valence-electron chi connectivity index (χ4n) is 3.31. The van der Waals surface area contributed by atoms with Crippen molar-refractivity contribution in [2.24, 2.45) is 5.92 Å². The Morgan fingerprint density at radius 2 is 2.08 bits per heavy atom. The Morgan fingerprint density at radius 1 is 1.35 bits per heavy atom. The van der Waals surface area contributed by atoms with Gasteiger partial charge in [-0.3, -0.25) is 14.2 Å². The lowest BCUT2D eigenvalue weighted by molar-refractivity contribution is -0.120. The first-order valence-electron chi connectivity index (χ1n) is 8.58. The van der Waals surface area contributed by atoms with Crippen molar-refractivity contribution >= 4 is 43.2 Å². The lowest BCUT2D eigenvalue weighted by Crippen LogP contribution is -2.43. The summed E-state index contributed by atoms with van der Waals surface area (Å²) in [5, 5.41) is 2.87. The van der Waals surface area contributed by atoms with Crippen molar-refractivity contribution in [3.05, 3.63) is 27.9 Å². The summed E-state index contributed by atoms with van der Waals surface area (Å²) < 4.78 is 27.3. The Hall–Kier alpha value is -1.71. The molecule has 2 heterocycles. The van der Waals surface area contributed by atoms with Gasteiger partial charge in [-0.2, -0.15) is 0 Å². The second-order valence-corrected chi connectivity index (χ2v) is 9.94. The Bertz CT molecular complexity index is 991. The molecule has 1 fully saturated rings. The molecule has 142 valence electrons. The lowest BCUT2D eigenvalue weighted by atomic mass is 9.98. The molecule has 1 N–H and O–H groups in total. The van der Waals surface area contributed by atoms with Crippen LogP contribution in [0.5, 0.6) is 0 Å². The maximum atomic E-state index is 12.6. The minimum Gasteiger partial charge on any atom is -0.326 e. The van der Waals surface area contributed by atoms with E-state index in [0.717, 1.165) is 21.6 Å². The molecule has 1 aliphatic rings. The lowest BCUT2D eigenvalue weighted by Gasteiger charge is -2.30. The number of benzene rings is 1. The van der Waals surface area contributed by atoms with Crippen LogP contribution in [0.1, 0.15) is 32.7 Å². The Morgan fingerprint density at radius 3 is 2.73 bits per heavy atom. The van der Waals surface area contributed by atoms with Crippen molar-refractivity contribution in [3.8, 4) is 0 Å². The molecule has 0 bridgehead atoms. The van der Waals surface area contributed by atoms with Crippen LogP contribution in [0.15, 0.2) is 23.0 Å². The number of hydrogen-bond donors (Lipinski definition) is 1. The Labute approximate surface area is 156 Å².